The van der Waals surface area contributed by atoms with E-state index in [-0.39, 0.29) is 0 Å². The van der Waals surface area contributed by atoms with Gasteiger partial charge in [-0.15, -0.1) is 0 Å². The minimum atomic E-state index is 0.467. The Kier molecular flexibility index (Phi) is 6.95. The lowest BCUT2D eigenvalue weighted by Crippen LogP contribution is -2.24. The minimum Gasteiger partial charge on any atom is -0.310 e. The Labute approximate surface area is 120 Å². The summed E-state index contributed by atoms with van der Waals surface area (Å²) in [7, 11) is 0. The van der Waals surface area contributed by atoms with Crippen molar-refractivity contribution >= 4 is 15.9 Å². The van der Waals surface area contributed by atoms with Crippen LogP contribution >= 0.6 is 15.9 Å². The summed E-state index contributed by atoms with van der Waals surface area (Å²) in [5.74, 6) is 0.756. The van der Waals surface area contributed by atoms with Crippen molar-refractivity contribution in [2.75, 3.05) is 6.54 Å². The molecule has 0 aliphatic carbocycles. The summed E-state index contributed by atoms with van der Waals surface area (Å²) in [5, 5.41) is 3.69. The van der Waals surface area contributed by atoms with Gasteiger partial charge in [-0.05, 0) is 43.9 Å². The maximum Gasteiger partial charge on any atom is 0.0334 e. The highest BCUT2D eigenvalue weighted by Crippen LogP contribution is 2.29. The molecule has 2 atom stereocenters. The van der Waals surface area contributed by atoms with Crippen molar-refractivity contribution < 1.29 is 0 Å². The molecule has 1 nitrogen and oxygen atoms in total. The van der Waals surface area contributed by atoms with Crippen LogP contribution in [0.5, 0.6) is 0 Å². The fraction of sp³-hybridized carbons (Fsp3) is 0.625. The van der Waals surface area contributed by atoms with Crippen LogP contribution in [0.1, 0.15) is 57.2 Å². The molecule has 2 heteroatoms. The van der Waals surface area contributed by atoms with Gasteiger partial charge in [0.25, 0.3) is 0 Å². The zero-order valence-electron chi connectivity index (χ0n) is 12.1. The summed E-state index contributed by atoms with van der Waals surface area (Å²) in [6, 6.07) is 7.10. The maximum atomic E-state index is 3.69. The fourth-order valence-corrected chi connectivity index (χ4v) is 2.66. The highest BCUT2D eigenvalue weighted by atomic mass is 79.9. The summed E-state index contributed by atoms with van der Waals surface area (Å²) >= 11 is 3.69. The molecule has 1 aromatic carbocycles. The van der Waals surface area contributed by atoms with Crippen molar-refractivity contribution in [3.8, 4) is 0 Å². The molecule has 18 heavy (non-hydrogen) atoms. The molecule has 0 heterocycles. The Bertz CT molecular complexity index is 362. The van der Waals surface area contributed by atoms with E-state index >= 15 is 0 Å². The van der Waals surface area contributed by atoms with E-state index in [1.54, 1.807) is 0 Å². The van der Waals surface area contributed by atoms with Crippen molar-refractivity contribution in [1.29, 1.82) is 0 Å². The Balaban J connectivity index is 2.89. The number of hydrogen-bond donors (Lipinski definition) is 1. The van der Waals surface area contributed by atoms with E-state index in [1.165, 1.54) is 34.9 Å². The third-order valence-corrected chi connectivity index (χ3v) is 4.22. The molecule has 0 aromatic heterocycles. The van der Waals surface area contributed by atoms with E-state index in [9.17, 15) is 0 Å². The Morgan fingerprint density at radius 1 is 1.28 bits per heavy atom. The van der Waals surface area contributed by atoms with Gasteiger partial charge in [0, 0.05) is 10.5 Å². The van der Waals surface area contributed by atoms with E-state index in [0.29, 0.717) is 6.04 Å². The molecule has 0 aliphatic rings. The first-order valence-corrected chi connectivity index (χ1v) is 7.87. The second-order valence-electron chi connectivity index (χ2n) is 5.28. The number of rotatable bonds is 7. The Hall–Kier alpha value is -0.340. The number of benzene rings is 1. The quantitative estimate of drug-likeness (QED) is 0.726. The van der Waals surface area contributed by atoms with Gasteiger partial charge in [-0.25, -0.2) is 0 Å². The Morgan fingerprint density at radius 3 is 2.61 bits per heavy atom. The number of hydrogen-bond acceptors (Lipinski definition) is 1. The van der Waals surface area contributed by atoms with Crippen molar-refractivity contribution in [3.05, 3.63) is 33.8 Å². The average molecular weight is 312 g/mol. The van der Waals surface area contributed by atoms with Gasteiger partial charge < -0.3 is 5.32 Å². The van der Waals surface area contributed by atoms with Crippen molar-refractivity contribution in [2.45, 2.75) is 53.0 Å². The van der Waals surface area contributed by atoms with Gasteiger partial charge in [-0.1, -0.05) is 60.8 Å². The fourth-order valence-electron chi connectivity index (χ4n) is 2.14. The molecule has 0 amide bonds. The highest BCUT2D eigenvalue weighted by molar-refractivity contribution is 9.10. The van der Waals surface area contributed by atoms with E-state index in [0.717, 1.165) is 12.5 Å². The Morgan fingerprint density at radius 2 is 2.00 bits per heavy atom. The molecule has 102 valence electrons. The topological polar surface area (TPSA) is 12.0 Å². The summed E-state index contributed by atoms with van der Waals surface area (Å²) in [5.41, 5.74) is 2.74. The number of nitrogens with one attached hydrogen (secondary N) is 1. The second kappa shape index (κ2) is 7.96. The molecule has 0 saturated carbocycles. The van der Waals surface area contributed by atoms with Crippen LogP contribution in [0.2, 0.25) is 0 Å². The normalized spacial score (nSPS) is 14.5. The summed E-state index contributed by atoms with van der Waals surface area (Å²) in [6.07, 6.45) is 3.63. The first kappa shape index (κ1) is 15.7. The molecule has 0 bridgehead atoms. The monoisotopic (exact) mass is 311 g/mol. The minimum absolute atomic E-state index is 0.467. The van der Waals surface area contributed by atoms with Gasteiger partial charge in [0.15, 0.2) is 0 Å². The molecular weight excluding hydrogens is 286 g/mol. The van der Waals surface area contributed by atoms with Crippen LogP contribution in [0.4, 0.5) is 0 Å². The van der Waals surface area contributed by atoms with Crippen molar-refractivity contribution in [3.63, 3.8) is 0 Å². The summed E-state index contributed by atoms with van der Waals surface area (Å²) in [4.78, 5) is 0. The first-order chi connectivity index (χ1) is 8.58. The van der Waals surface area contributed by atoms with Gasteiger partial charge in [-0.2, -0.15) is 0 Å². The molecule has 0 aliphatic heterocycles. The van der Waals surface area contributed by atoms with E-state index in [4.69, 9.17) is 0 Å². The first-order valence-electron chi connectivity index (χ1n) is 7.07. The van der Waals surface area contributed by atoms with Gasteiger partial charge >= 0.3 is 0 Å². The lowest BCUT2D eigenvalue weighted by Gasteiger charge is -2.23. The van der Waals surface area contributed by atoms with Crippen LogP contribution in [0.3, 0.4) is 0 Å². The largest absolute Gasteiger partial charge is 0.310 e. The smallest absolute Gasteiger partial charge is 0.0334 e. The van der Waals surface area contributed by atoms with Crippen LogP contribution in [-0.2, 0) is 0 Å². The molecule has 1 aromatic rings. The lowest BCUT2D eigenvalue weighted by atomic mass is 9.93. The van der Waals surface area contributed by atoms with Crippen LogP contribution in [0.15, 0.2) is 22.7 Å². The average Bonchev–Trinajstić information content (AvgIpc) is 2.37. The molecule has 2 unspecified atom stereocenters. The zero-order valence-corrected chi connectivity index (χ0v) is 13.7. The van der Waals surface area contributed by atoms with E-state index < -0.39 is 0 Å². The molecule has 1 rings (SSSR count). The second-order valence-corrected chi connectivity index (χ2v) is 6.14. The van der Waals surface area contributed by atoms with Gasteiger partial charge in [-0.3, -0.25) is 0 Å². The third-order valence-electron chi connectivity index (χ3n) is 3.50. The van der Waals surface area contributed by atoms with Gasteiger partial charge in [0.05, 0.1) is 0 Å². The van der Waals surface area contributed by atoms with Gasteiger partial charge in [0.1, 0.15) is 0 Å². The molecular formula is C16H26BrN. The predicted molar refractivity (Wildman–Crippen MR) is 84.0 cm³/mol. The number of halogens is 1. The molecule has 0 fully saturated rings. The van der Waals surface area contributed by atoms with Crippen LogP contribution in [0, 0.1) is 12.8 Å². The van der Waals surface area contributed by atoms with Crippen molar-refractivity contribution in [2.24, 2.45) is 5.92 Å². The lowest BCUT2D eigenvalue weighted by molar-refractivity contribution is 0.401. The maximum absolute atomic E-state index is 3.69. The SMILES string of the molecule is CCCNC(CC(C)CC)c1cc(C)ccc1Br. The standard InChI is InChI=1S/C16H26BrN/c1-5-9-18-16(11-12(3)6-2)14-10-13(4)7-8-15(14)17/h7-8,10,12,16,18H,5-6,9,11H2,1-4H3. The molecule has 0 radical (unpaired) electrons. The molecule has 0 spiro atoms. The van der Waals surface area contributed by atoms with Crippen LogP contribution < -0.4 is 5.32 Å². The van der Waals surface area contributed by atoms with E-state index in [1.807, 2.05) is 0 Å². The van der Waals surface area contributed by atoms with Crippen LogP contribution in [0.25, 0.3) is 0 Å². The molecule has 1 N–H and O–H groups in total. The highest BCUT2D eigenvalue weighted by Gasteiger charge is 2.16. The molecule has 0 saturated heterocycles. The van der Waals surface area contributed by atoms with Crippen molar-refractivity contribution in [1.82, 2.24) is 5.32 Å². The summed E-state index contributed by atoms with van der Waals surface area (Å²) < 4.78 is 1.23. The predicted octanol–water partition coefficient (Wildman–Crippen LogP) is 5.23. The zero-order chi connectivity index (χ0) is 13.5. The summed E-state index contributed by atoms with van der Waals surface area (Å²) in [6.45, 7) is 10.1. The number of aryl methyl sites for hydroxylation is 1. The van der Waals surface area contributed by atoms with E-state index in [2.05, 4.69) is 67.1 Å². The van der Waals surface area contributed by atoms with Crippen LogP contribution in [-0.4, -0.2) is 6.54 Å². The third kappa shape index (κ3) is 4.74. The van der Waals surface area contributed by atoms with Gasteiger partial charge in [0.2, 0.25) is 0 Å².